The molecular weight excluding hydrogens is 288 g/mol. The van der Waals surface area contributed by atoms with E-state index in [0.29, 0.717) is 12.2 Å². The zero-order valence-electron chi connectivity index (χ0n) is 12.2. The normalized spacial score (nSPS) is 10.1. The number of amides is 2. The van der Waals surface area contributed by atoms with Gasteiger partial charge in [-0.2, -0.15) is 11.8 Å². The molecule has 1 rings (SSSR count). The highest BCUT2D eigenvalue weighted by molar-refractivity contribution is 7.98. The van der Waals surface area contributed by atoms with Crippen LogP contribution in [0.3, 0.4) is 0 Å². The summed E-state index contributed by atoms with van der Waals surface area (Å²) in [4.78, 5) is 24.4. The number of carbonyl (C=O) groups excluding carboxylic acids is 1. The smallest absolute Gasteiger partial charge is 0.321 e. The highest BCUT2D eigenvalue weighted by atomic mass is 32.2. The molecule has 0 fully saturated rings. The van der Waals surface area contributed by atoms with Crippen molar-refractivity contribution < 1.29 is 14.7 Å². The zero-order valence-corrected chi connectivity index (χ0v) is 13.1. The number of carbonyl (C=O) groups is 2. The number of benzene rings is 1. The van der Waals surface area contributed by atoms with Crippen LogP contribution >= 0.6 is 11.8 Å². The first-order valence-electron chi connectivity index (χ1n) is 6.96. The van der Waals surface area contributed by atoms with Gasteiger partial charge in [0.15, 0.2) is 0 Å². The van der Waals surface area contributed by atoms with Crippen LogP contribution in [0.25, 0.3) is 0 Å². The van der Waals surface area contributed by atoms with Crippen molar-refractivity contribution in [2.75, 3.05) is 30.0 Å². The van der Waals surface area contributed by atoms with Crippen LogP contribution in [0.2, 0.25) is 0 Å². The van der Waals surface area contributed by atoms with Crippen molar-refractivity contribution >= 4 is 29.4 Å². The molecule has 0 bridgehead atoms. The lowest BCUT2D eigenvalue weighted by Crippen LogP contribution is -2.41. The molecule has 2 N–H and O–H groups in total. The van der Waals surface area contributed by atoms with Crippen molar-refractivity contribution in [1.29, 1.82) is 0 Å². The summed E-state index contributed by atoms with van der Waals surface area (Å²) in [6.07, 6.45) is 3.96. The molecule has 6 heteroatoms. The third-order valence-electron chi connectivity index (χ3n) is 2.91. The Morgan fingerprint density at radius 2 is 1.95 bits per heavy atom. The minimum absolute atomic E-state index is 0.0746. The van der Waals surface area contributed by atoms with E-state index in [1.165, 1.54) is 4.90 Å². The molecule has 0 saturated carbocycles. The second-order valence-electron chi connectivity index (χ2n) is 4.56. The zero-order chi connectivity index (χ0) is 15.5. The first-order chi connectivity index (χ1) is 10.1. The molecule has 0 aliphatic rings. The summed E-state index contributed by atoms with van der Waals surface area (Å²) in [6.45, 7) is 0.770. The summed E-state index contributed by atoms with van der Waals surface area (Å²) in [6, 6.07) is 8.87. The van der Waals surface area contributed by atoms with E-state index in [1.807, 2.05) is 18.2 Å². The first kappa shape index (κ1) is 17.4. The fraction of sp³-hybridized carbons (Fsp3) is 0.467. The van der Waals surface area contributed by atoms with Crippen molar-refractivity contribution in [3.8, 4) is 0 Å². The molecular formula is C15H22N2O3S. The third-order valence-corrected chi connectivity index (χ3v) is 3.61. The number of urea groups is 1. The first-order valence-corrected chi connectivity index (χ1v) is 8.35. The Morgan fingerprint density at radius 3 is 2.57 bits per heavy atom. The van der Waals surface area contributed by atoms with Gasteiger partial charge in [-0.3, -0.25) is 9.69 Å². The fourth-order valence-corrected chi connectivity index (χ4v) is 2.32. The van der Waals surface area contributed by atoms with E-state index in [2.05, 4.69) is 11.6 Å². The van der Waals surface area contributed by atoms with Crippen LogP contribution in [0.1, 0.15) is 19.3 Å². The number of thioether (sulfide) groups is 1. The van der Waals surface area contributed by atoms with Gasteiger partial charge >= 0.3 is 12.0 Å². The number of nitrogens with zero attached hydrogens (tertiary/aromatic N) is 1. The molecule has 1 aromatic carbocycles. The van der Waals surface area contributed by atoms with Gasteiger partial charge < -0.3 is 10.4 Å². The SMILES string of the molecule is CSCCCCNC(=O)N(CCC(=O)O)c1ccccc1. The van der Waals surface area contributed by atoms with Crippen LogP contribution in [0.5, 0.6) is 0 Å². The van der Waals surface area contributed by atoms with Gasteiger partial charge in [0.2, 0.25) is 0 Å². The summed E-state index contributed by atoms with van der Waals surface area (Å²) >= 11 is 1.79. The minimum Gasteiger partial charge on any atom is -0.481 e. The lowest BCUT2D eigenvalue weighted by molar-refractivity contribution is -0.136. The summed E-state index contributed by atoms with van der Waals surface area (Å²) < 4.78 is 0. The minimum atomic E-state index is -0.913. The van der Waals surface area contributed by atoms with Gasteiger partial charge in [0, 0.05) is 18.8 Å². The molecule has 0 atom stereocenters. The van der Waals surface area contributed by atoms with Crippen molar-refractivity contribution in [3.05, 3.63) is 30.3 Å². The van der Waals surface area contributed by atoms with Gasteiger partial charge in [-0.25, -0.2) is 4.79 Å². The van der Waals surface area contributed by atoms with E-state index in [-0.39, 0.29) is 19.0 Å². The van der Waals surface area contributed by atoms with Crippen molar-refractivity contribution in [1.82, 2.24) is 5.32 Å². The van der Waals surface area contributed by atoms with Gasteiger partial charge in [0.25, 0.3) is 0 Å². The van der Waals surface area contributed by atoms with Crippen LogP contribution in [0.4, 0.5) is 10.5 Å². The second-order valence-corrected chi connectivity index (χ2v) is 5.55. The van der Waals surface area contributed by atoms with E-state index in [4.69, 9.17) is 5.11 Å². The molecule has 0 radical (unpaired) electrons. The molecule has 2 amide bonds. The molecule has 0 heterocycles. The predicted octanol–water partition coefficient (Wildman–Crippen LogP) is 2.82. The number of rotatable bonds is 9. The van der Waals surface area contributed by atoms with E-state index in [1.54, 1.807) is 23.9 Å². The highest BCUT2D eigenvalue weighted by Crippen LogP contribution is 2.13. The molecule has 0 aromatic heterocycles. The Bertz CT molecular complexity index is 440. The van der Waals surface area contributed by atoms with Gasteiger partial charge in [0.1, 0.15) is 0 Å². The lowest BCUT2D eigenvalue weighted by Gasteiger charge is -2.22. The molecule has 5 nitrogen and oxygen atoms in total. The average molecular weight is 310 g/mol. The Kier molecular flexibility index (Phi) is 8.35. The number of hydrogen-bond acceptors (Lipinski definition) is 3. The summed E-state index contributed by atoms with van der Waals surface area (Å²) in [5.74, 6) is 0.167. The van der Waals surface area contributed by atoms with Gasteiger partial charge in [-0.1, -0.05) is 18.2 Å². The fourth-order valence-electron chi connectivity index (χ4n) is 1.83. The highest BCUT2D eigenvalue weighted by Gasteiger charge is 2.16. The van der Waals surface area contributed by atoms with E-state index >= 15 is 0 Å². The van der Waals surface area contributed by atoms with Gasteiger partial charge in [-0.15, -0.1) is 0 Å². The molecule has 21 heavy (non-hydrogen) atoms. The van der Waals surface area contributed by atoms with E-state index < -0.39 is 5.97 Å². The van der Waals surface area contributed by atoms with Gasteiger partial charge in [-0.05, 0) is 37.0 Å². The number of unbranched alkanes of at least 4 members (excludes halogenated alkanes) is 1. The number of nitrogens with one attached hydrogen (secondary N) is 1. The average Bonchev–Trinajstić information content (AvgIpc) is 2.48. The topological polar surface area (TPSA) is 69.6 Å². The van der Waals surface area contributed by atoms with Crippen molar-refractivity contribution in [2.45, 2.75) is 19.3 Å². The maximum absolute atomic E-state index is 12.2. The molecule has 0 aliphatic carbocycles. The van der Waals surface area contributed by atoms with Crippen molar-refractivity contribution in [3.63, 3.8) is 0 Å². The quantitative estimate of drug-likeness (QED) is 0.688. The van der Waals surface area contributed by atoms with Crippen LogP contribution in [0, 0.1) is 0 Å². The monoisotopic (exact) mass is 310 g/mol. The maximum Gasteiger partial charge on any atom is 0.321 e. The number of anilines is 1. The van der Waals surface area contributed by atoms with Crippen LogP contribution in [-0.2, 0) is 4.79 Å². The number of para-hydroxylation sites is 1. The lowest BCUT2D eigenvalue weighted by atomic mass is 10.2. The van der Waals surface area contributed by atoms with Crippen LogP contribution in [0.15, 0.2) is 30.3 Å². The van der Waals surface area contributed by atoms with E-state index in [0.717, 1.165) is 18.6 Å². The molecule has 0 unspecified atom stereocenters. The summed E-state index contributed by atoms with van der Waals surface area (Å²) in [7, 11) is 0. The standard InChI is InChI=1S/C15H22N2O3S/c1-21-12-6-5-10-16-15(20)17(11-9-14(18)19)13-7-3-2-4-8-13/h2-4,7-8H,5-6,9-12H2,1H3,(H,16,20)(H,18,19). The number of carboxylic acid groups (broad SMARTS) is 1. The van der Waals surface area contributed by atoms with E-state index in [9.17, 15) is 9.59 Å². The number of aliphatic carboxylic acids is 1. The Balaban J connectivity index is 2.55. The number of hydrogen-bond donors (Lipinski definition) is 2. The molecule has 1 aromatic rings. The summed E-state index contributed by atoms with van der Waals surface area (Å²) in [5, 5.41) is 11.7. The Hall–Kier alpha value is -1.69. The molecule has 0 aliphatic heterocycles. The predicted molar refractivity (Wildman–Crippen MR) is 87.1 cm³/mol. The van der Waals surface area contributed by atoms with Crippen LogP contribution < -0.4 is 10.2 Å². The van der Waals surface area contributed by atoms with Crippen LogP contribution in [-0.4, -0.2) is 42.2 Å². The molecule has 116 valence electrons. The maximum atomic E-state index is 12.2. The number of carboxylic acids is 1. The largest absolute Gasteiger partial charge is 0.481 e. The third kappa shape index (κ3) is 7.04. The van der Waals surface area contributed by atoms with Crippen molar-refractivity contribution in [2.24, 2.45) is 0 Å². The molecule has 0 saturated heterocycles. The van der Waals surface area contributed by atoms with Gasteiger partial charge in [0.05, 0.1) is 6.42 Å². The molecule has 0 spiro atoms. The Morgan fingerprint density at radius 1 is 1.24 bits per heavy atom. The second kappa shape index (κ2) is 10.1. The summed E-state index contributed by atoms with van der Waals surface area (Å²) in [5.41, 5.74) is 0.709. The Labute approximate surface area is 129 Å².